The maximum atomic E-state index is 12.3. The van der Waals surface area contributed by atoms with Crippen molar-refractivity contribution >= 4 is 27.9 Å². The highest BCUT2D eigenvalue weighted by atomic mass is 79.9. The molecule has 0 saturated carbocycles. The summed E-state index contributed by atoms with van der Waals surface area (Å²) in [5.74, 6) is -0.356. The minimum Gasteiger partial charge on any atom is -0.370 e. The second-order valence-corrected chi connectivity index (χ2v) is 6.53. The van der Waals surface area contributed by atoms with Crippen LogP contribution in [0.15, 0.2) is 59.1 Å². The van der Waals surface area contributed by atoms with Gasteiger partial charge in [0.25, 0.3) is 5.91 Å². The third-order valence-corrected chi connectivity index (χ3v) is 4.39. The molecule has 0 spiro atoms. The maximum absolute atomic E-state index is 12.3. The van der Waals surface area contributed by atoms with Crippen LogP contribution in [0.5, 0.6) is 0 Å². The first-order chi connectivity index (χ1) is 12.1. The number of carbonyl (C=O) groups excluding carboxylic acids is 2. The van der Waals surface area contributed by atoms with Gasteiger partial charge in [0.2, 0.25) is 0 Å². The largest absolute Gasteiger partial charge is 0.370 e. The number of hydrazine groups is 1. The summed E-state index contributed by atoms with van der Waals surface area (Å²) < 4.78 is 6.73. The van der Waals surface area contributed by atoms with Gasteiger partial charge in [-0.05, 0) is 29.8 Å². The molecule has 2 N–H and O–H groups in total. The summed E-state index contributed by atoms with van der Waals surface area (Å²) in [5.41, 5.74) is 6.37. The molecule has 2 aromatic rings. The van der Waals surface area contributed by atoms with Gasteiger partial charge in [0, 0.05) is 16.6 Å². The molecule has 0 bridgehead atoms. The molecule has 3 rings (SSSR count). The van der Waals surface area contributed by atoms with Crippen LogP contribution in [0.4, 0.5) is 4.79 Å². The predicted octanol–water partition coefficient (Wildman–Crippen LogP) is 2.88. The number of nitrogens with zero attached hydrogens (tertiary/aromatic N) is 1. The molecule has 0 aromatic heterocycles. The summed E-state index contributed by atoms with van der Waals surface area (Å²) in [6.45, 7) is 1.33. The molecule has 1 fully saturated rings. The number of urea groups is 1. The third-order valence-electron chi connectivity index (χ3n) is 3.89. The molecular weight excluding hydrogens is 386 g/mol. The van der Waals surface area contributed by atoms with E-state index in [1.807, 2.05) is 30.3 Å². The van der Waals surface area contributed by atoms with E-state index < -0.39 is 0 Å². The molecule has 1 aliphatic rings. The number of nitrogens with one attached hydrogen (secondary N) is 2. The second-order valence-electron chi connectivity index (χ2n) is 5.61. The van der Waals surface area contributed by atoms with Crippen LogP contribution in [0.25, 0.3) is 0 Å². The highest BCUT2D eigenvalue weighted by molar-refractivity contribution is 9.10. The molecule has 1 saturated heterocycles. The summed E-state index contributed by atoms with van der Waals surface area (Å²) in [7, 11) is 0. The van der Waals surface area contributed by atoms with E-state index in [9.17, 15) is 9.59 Å². The van der Waals surface area contributed by atoms with Crippen molar-refractivity contribution in [3.8, 4) is 0 Å². The van der Waals surface area contributed by atoms with Crippen LogP contribution in [0, 0.1) is 0 Å². The van der Waals surface area contributed by atoms with Gasteiger partial charge in [0.15, 0.2) is 0 Å². The fraction of sp³-hybridized carbons (Fsp3) is 0.222. The molecule has 0 aliphatic carbocycles. The normalized spacial score (nSPS) is 17.0. The van der Waals surface area contributed by atoms with Crippen molar-refractivity contribution in [2.75, 3.05) is 19.7 Å². The Kier molecular flexibility index (Phi) is 5.67. The number of benzene rings is 2. The first-order valence-corrected chi connectivity index (χ1v) is 8.70. The van der Waals surface area contributed by atoms with Crippen molar-refractivity contribution < 1.29 is 14.3 Å². The summed E-state index contributed by atoms with van der Waals surface area (Å²) in [5, 5.41) is 0. The van der Waals surface area contributed by atoms with Gasteiger partial charge in [-0.15, -0.1) is 0 Å². The fourth-order valence-electron chi connectivity index (χ4n) is 2.59. The van der Waals surface area contributed by atoms with E-state index >= 15 is 0 Å². The predicted molar refractivity (Wildman–Crippen MR) is 96.8 cm³/mol. The molecule has 1 atom stereocenters. The van der Waals surface area contributed by atoms with E-state index in [2.05, 4.69) is 26.8 Å². The first-order valence-electron chi connectivity index (χ1n) is 7.91. The number of hydrogen-bond donors (Lipinski definition) is 2. The van der Waals surface area contributed by atoms with Crippen molar-refractivity contribution in [3.05, 3.63) is 70.2 Å². The molecule has 3 amide bonds. The van der Waals surface area contributed by atoms with Gasteiger partial charge in [0.1, 0.15) is 6.10 Å². The number of amides is 3. The van der Waals surface area contributed by atoms with Crippen molar-refractivity contribution in [1.29, 1.82) is 0 Å². The Bertz CT molecular complexity index is 754. The minimum atomic E-state index is -0.356. The van der Waals surface area contributed by atoms with Gasteiger partial charge in [-0.2, -0.15) is 0 Å². The average molecular weight is 404 g/mol. The Morgan fingerprint density at radius 2 is 1.88 bits per heavy atom. The molecule has 130 valence electrons. The van der Waals surface area contributed by atoms with Gasteiger partial charge in [-0.25, -0.2) is 10.2 Å². The van der Waals surface area contributed by atoms with Gasteiger partial charge in [0.05, 0.1) is 13.2 Å². The van der Waals surface area contributed by atoms with Gasteiger partial charge >= 0.3 is 6.03 Å². The van der Waals surface area contributed by atoms with E-state index in [0.29, 0.717) is 25.3 Å². The van der Waals surface area contributed by atoms with E-state index in [1.54, 1.807) is 29.2 Å². The maximum Gasteiger partial charge on any atom is 0.336 e. The van der Waals surface area contributed by atoms with Crippen LogP contribution in [0.3, 0.4) is 0 Å². The fourth-order valence-corrected chi connectivity index (χ4v) is 3.01. The van der Waals surface area contributed by atoms with E-state index in [0.717, 1.165) is 10.0 Å². The SMILES string of the molecule is O=C(NNC(=O)N1CCO[C@H](c2cccc(Br)c2)C1)c1ccccc1. The van der Waals surface area contributed by atoms with Crippen LogP contribution in [0.1, 0.15) is 22.0 Å². The number of morpholine rings is 1. The van der Waals surface area contributed by atoms with Crippen molar-refractivity contribution in [1.82, 2.24) is 15.8 Å². The molecule has 6 nitrogen and oxygen atoms in total. The topological polar surface area (TPSA) is 70.7 Å². The van der Waals surface area contributed by atoms with Gasteiger partial charge in [-0.3, -0.25) is 10.2 Å². The quantitative estimate of drug-likeness (QED) is 0.757. The van der Waals surface area contributed by atoms with E-state index in [1.165, 1.54) is 0 Å². The molecule has 0 radical (unpaired) electrons. The Balaban J connectivity index is 1.56. The number of ether oxygens (including phenoxy) is 1. The minimum absolute atomic E-state index is 0.193. The number of rotatable bonds is 2. The zero-order valence-electron chi connectivity index (χ0n) is 13.4. The summed E-state index contributed by atoms with van der Waals surface area (Å²) in [6, 6.07) is 16.2. The van der Waals surface area contributed by atoms with Crippen molar-refractivity contribution in [3.63, 3.8) is 0 Å². The number of halogens is 1. The molecule has 1 aliphatic heterocycles. The van der Waals surface area contributed by atoms with E-state index in [4.69, 9.17) is 4.74 Å². The van der Waals surface area contributed by atoms with Crippen LogP contribution < -0.4 is 10.9 Å². The monoisotopic (exact) mass is 403 g/mol. The summed E-state index contributed by atoms with van der Waals surface area (Å²) in [4.78, 5) is 25.9. The molecule has 0 unspecified atom stereocenters. The third kappa shape index (κ3) is 4.58. The lowest BCUT2D eigenvalue weighted by Crippen LogP contribution is -2.52. The second kappa shape index (κ2) is 8.13. The standard InChI is InChI=1S/C18H18BrN3O3/c19-15-8-4-7-14(11-15)16-12-22(9-10-25-16)18(24)21-20-17(23)13-5-2-1-3-6-13/h1-8,11,16H,9-10,12H2,(H,20,23)(H,21,24)/t16-/m0/s1. The highest BCUT2D eigenvalue weighted by Crippen LogP contribution is 2.24. The zero-order chi connectivity index (χ0) is 17.6. The van der Waals surface area contributed by atoms with Gasteiger partial charge in [-0.1, -0.05) is 46.3 Å². The van der Waals surface area contributed by atoms with Crippen LogP contribution >= 0.6 is 15.9 Å². The summed E-state index contributed by atoms with van der Waals surface area (Å²) >= 11 is 3.44. The lowest BCUT2D eigenvalue weighted by molar-refractivity contribution is -0.0158. The van der Waals surface area contributed by atoms with Crippen LogP contribution in [-0.2, 0) is 4.74 Å². The Hall–Kier alpha value is -2.38. The van der Waals surface area contributed by atoms with Crippen LogP contribution in [-0.4, -0.2) is 36.5 Å². The Morgan fingerprint density at radius 1 is 1.08 bits per heavy atom. The Labute approximate surface area is 154 Å². The average Bonchev–Trinajstić information content (AvgIpc) is 2.66. The van der Waals surface area contributed by atoms with E-state index in [-0.39, 0.29) is 18.0 Å². The highest BCUT2D eigenvalue weighted by Gasteiger charge is 2.25. The molecular formula is C18H18BrN3O3. The first kappa shape index (κ1) is 17.4. The molecule has 2 aromatic carbocycles. The number of carbonyl (C=O) groups is 2. The lowest BCUT2D eigenvalue weighted by Gasteiger charge is -2.33. The smallest absolute Gasteiger partial charge is 0.336 e. The van der Waals surface area contributed by atoms with Crippen molar-refractivity contribution in [2.45, 2.75) is 6.10 Å². The lowest BCUT2D eigenvalue weighted by atomic mass is 10.1. The van der Waals surface area contributed by atoms with Crippen LogP contribution in [0.2, 0.25) is 0 Å². The molecule has 7 heteroatoms. The summed E-state index contributed by atoms with van der Waals surface area (Å²) in [6.07, 6.45) is -0.193. The van der Waals surface area contributed by atoms with Gasteiger partial charge < -0.3 is 9.64 Å². The Morgan fingerprint density at radius 3 is 2.64 bits per heavy atom. The van der Waals surface area contributed by atoms with Crippen molar-refractivity contribution in [2.24, 2.45) is 0 Å². The number of hydrogen-bond acceptors (Lipinski definition) is 3. The zero-order valence-corrected chi connectivity index (χ0v) is 15.0. The molecule has 25 heavy (non-hydrogen) atoms. The molecule has 1 heterocycles.